The first-order valence-corrected chi connectivity index (χ1v) is 11.9. The van der Waals surface area contributed by atoms with Crippen molar-refractivity contribution < 1.29 is 4.79 Å². The zero-order valence-corrected chi connectivity index (χ0v) is 18.9. The molecule has 0 bridgehead atoms. The largest absolute Gasteiger partial charge is 0.300 e. The van der Waals surface area contributed by atoms with Gasteiger partial charge in [0.25, 0.3) is 0 Å². The molecule has 0 unspecified atom stereocenters. The first kappa shape index (κ1) is 21.6. The number of hydrogen-bond acceptors (Lipinski definition) is 1. The molecule has 0 radical (unpaired) electrons. The van der Waals surface area contributed by atoms with Gasteiger partial charge in [-0.15, -0.1) is 0 Å². The summed E-state index contributed by atoms with van der Waals surface area (Å²) in [6.45, 7) is 13.5. The van der Waals surface area contributed by atoms with Crippen LogP contribution in [-0.4, -0.2) is 5.78 Å². The highest BCUT2D eigenvalue weighted by molar-refractivity contribution is 5.78. The first-order chi connectivity index (χ1) is 13.3. The predicted octanol–water partition coefficient (Wildman–Crippen LogP) is 7.83. The molecule has 3 rings (SSSR count). The summed E-state index contributed by atoms with van der Waals surface area (Å²) in [5, 5.41) is 0. The molecule has 0 heterocycles. The molecule has 3 saturated carbocycles. The van der Waals surface area contributed by atoms with Crippen LogP contribution in [0, 0.1) is 29.1 Å². The maximum Gasteiger partial charge on any atom is 0.133 e. The summed E-state index contributed by atoms with van der Waals surface area (Å²) in [7, 11) is 0. The van der Waals surface area contributed by atoms with Crippen molar-refractivity contribution in [2.24, 2.45) is 29.1 Å². The Morgan fingerprint density at radius 2 is 1.82 bits per heavy atom. The van der Waals surface area contributed by atoms with E-state index in [9.17, 15) is 4.79 Å². The van der Waals surface area contributed by atoms with Gasteiger partial charge in [-0.05, 0) is 92.4 Å². The van der Waals surface area contributed by atoms with Gasteiger partial charge in [0.15, 0.2) is 0 Å². The van der Waals surface area contributed by atoms with E-state index in [0.717, 1.165) is 18.8 Å². The normalized spacial score (nSPS) is 34.8. The molecule has 0 spiro atoms. The molecule has 0 aliphatic heterocycles. The van der Waals surface area contributed by atoms with E-state index in [0.29, 0.717) is 29.0 Å². The molecule has 4 atom stereocenters. The molecule has 156 valence electrons. The Labute approximate surface area is 173 Å². The second-order valence-corrected chi connectivity index (χ2v) is 10.7. The van der Waals surface area contributed by atoms with E-state index in [2.05, 4.69) is 46.4 Å². The molecule has 1 nitrogen and oxygen atoms in total. The SMILES string of the molecule is C=C1CCCC/C1=C/C=C1\CCC[C@]2(C)[C@@H]([C@H](C)CC(=O)CC(C)C)CC[C@@H]12. The smallest absolute Gasteiger partial charge is 0.133 e. The van der Waals surface area contributed by atoms with Gasteiger partial charge in [-0.3, -0.25) is 4.79 Å². The Morgan fingerprint density at radius 3 is 2.54 bits per heavy atom. The van der Waals surface area contributed by atoms with E-state index in [1.54, 1.807) is 5.57 Å². The van der Waals surface area contributed by atoms with Crippen molar-refractivity contribution in [3.8, 4) is 0 Å². The lowest BCUT2D eigenvalue weighted by molar-refractivity contribution is -0.121. The number of hydrogen-bond donors (Lipinski definition) is 0. The second kappa shape index (κ2) is 9.14. The van der Waals surface area contributed by atoms with Crippen LogP contribution in [0.5, 0.6) is 0 Å². The van der Waals surface area contributed by atoms with Gasteiger partial charge >= 0.3 is 0 Å². The van der Waals surface area contributed by atoms with Gasteiger partial charge in [0.05, 0.1) is 0 Å². The van der Waals surface area contributed by atoms with Crippen LogP contribution in [0.3, 0.4) is 0 Å². The molecule has 28 heavy (non-hydrogen) atoms. The number of fused-ring (bicyclic) bond motifs is 1. The fraction of sp³-hybridized carbons (Fsp3) is 0.741. The molecule has 0 saturated heterocycles. The van der Waals surface area contributed by atoms with E-state index in [4.69, 9.17) is 0 Å². The Kier molecular flexibility index (Phi) is 7.05. The van der Waals surface area contributed by atoms with Gasteiger partial charge < -0.3 is 0 Å². The van der Waals surface area contributed by atoms with E-state index >= 15 is 0 Å². The van der Waals surface area contributed by atoms with Gasteiger partial charge in [0, 0.05) is 12.8 Å². The highest BCUT2D eigenvalue weighted by atomic mass is 16.1. The molecule has 0 N–H and O–H groups in total. The Balaban J connectivity index is 1.71. The number of carbonyl (C=O) groups excluding carboxylic acids is 1. The van der Waals surface area contributed by atoms with E-state index in [1.165, 1.54) is 68.9 Å². The van der Waals surface area contributed by atoms with Gasteiger partial charge in [0.2, 0.25) is 0 Å². The minimum Gasteiger partial charge on any atom is -0.300 e. The van der Waals surface area contributed by atoms with E-state index < -0.39 is 0 Å². The number of Topliss-reactive ketones (excluding diaryl/α,β-unsaturated/α-hetero) is 1. The molecular weight excluding hydrogens is 340 g/mol. The van der Waals surface area contributed by atoms with Gasteiger partial charge in [-0.25, -0.2) is 0 Å². The summed E-state index contributed by atoms with van der Waals surface area (Å²) in [5.41, 5.74) is 4.93. The third kappa shape index (κ3) is 4.71. The summed E-state index contributed by atoms with van der Waals surface area (Å²) in [4.78, 5) is 12.4. The van der Waals surface area contributed by atoms with Crippen molar-refractivity contribution in [1.82, 2.24) is 0 Å². The molecular formula is C27H42O. The number of carbonyl (C=O) groups is 1. The van der Waals surface area contributed by atoms with E-state index in [1.807, 2.05) is 0 Å². The van der Waals surface area contributed by atoms with Gasteiger partial charge in [0.1, 0.15) is 5.78 Å². The Hall–Kier alpha value is -1.11. The van der Waals surface area contributed by atoms with E-state index in [-0.39, 0.29) is 0 Å². The van der Waals surface area contributed by atoms with Gasteiger partial charge in [-0.2, -0.15) is 0 Å². The monoisotopic (exact) mass is 382 g/mol. The third-order valence-electron chi connectivity index (χ3n) is 8.04. The molecule has 0 aromatic heterocycles. The third-order valence-corrected chi connectivity index (χ3v) is 8.04. The van der Waals surface area contributed by atoms with Crippen LogP contribution in [0.4, 0.5) is 0 Å². The summed E-state index contributed by atoms with van der Waals surface area (Å²) in [5.74, 6) is 2.91. The molecule has 3 aliphatic carbocycles. The lowest BCUT2D eigenvalue weighted by atomic mass is 9.60. The van der Waals surface area contributed by atoms with Crippen molar-refractivity contribution in [3.63, 3.8) is 0 Å². The highest BCUT2D eigenvalue weighted by Crippen LogP contribution is 2.59. The molecule has 0 amide bonds. The quantitative estimate of drug-likeness (QED) is 0.457. The maximum atomic E-state index is 12.4. The summed E-state index contributed by atoms with van der Waals surface area (Å²) in [6.07, 6.45) is 18.0. The van der Waals surface area contributed by atoms with Crippen molar-refractivity contribution >= 4 is 5.78 Å². The average molecular weight is 383 g/mol. The number of ketones is 1. The molecule has 0 aromatic carbocycles. The maximum absolute atomic E-state index is 12.4. The zero-order chi connectivity index (χ0) is 20.3. The fourth-order valence-corrected chi connectivity index (χ4v) is 6.65. The van der Waals surface area contributed by atoms with Crippen LogP contribution in [0.1, 0.15) is 98.3 Å². The Morgan fingerprint density at radius 1 is 1.07 bits per heavy atom. The van der Waals surface area contributed by atoms with Crippen molar-refractivity contribution in [2.75, 3.05) is 0 Å². The Bertz CT molecular complexity index is 649. The molecule has 1 heteroatoms. The van der Waals surface area contributed by atoms with Gasteiger partial charge in [-0.1, -0.05) is 57.6 Å². The van der Waals surface area contributed by atoms with Crippen molar-refractivity contribution in [3.05, 3.63) is 35.5 Å². The highest BCUT2D eigenvalue weighted by Gasteiger charge is 2.50. The summed E-state index contributed by atoms with van der Waals surface area (Å²) >= 11 is 0. The second-order valence-electron chi connectivity index (χ2n) is 10.7. The molecule has 0 aromatic rings. The summed E-state index contributed by atoms with van der Waals surface area (Å²) < 4.78 is 0. The topological polar surface area (TPSA) is 17.1 Å². The van der Waals surface area contributed by atoms with Crippen LogP contribution in [0.25, 0.3) is 0 Å². The predicted molar refractivity (Wildman–Crippen MR) is 120 cm³/mol. The standard InChI is InChI=1S/C27H42O/c1-19(2)17-24(28)18-21(4)25-14-15-26-23(11-8-16-27(25,26)5)13-12-22-10-7-6-9-20(22)3/h12-13,19,21,25-26H,3,6-11,14-18H2,1-2,4-5H3/b22-12-,23-13+/t21-,25-,26+,27-/m1/s1. The zero-order valence-electron chi connectivity index (χ0n) is 18.9. The van der Waals surface area contributed by atoms with Crippen LogP contribution in [0.15, 0.2) is 35.5 Å². The van der Waals surface area contributed by atoms with Crippen LogP contribution in [-0.2, 0) is 4.79 Å². The lowest BCUT2D eigenvalue weighted by Crippen LogP contribution is -2.36. The van der Waals surface area contributed by atoms with Crippen LogP contribution >= 0.6 is 0 Å². The number of rotatable bonds is 6. The number of allylic oxidation sites excluding steroid dienone is 5. The molecule has 3 aliphatic rings. The fourth-order valence-electron chi connectivity index (χ4n) is 6.65. The minimum absolute atomic E-state index is 0.393. The lowest BCUT2D eigenvalue weighted by Gasteiger charge is -2.44. The molecule has 3 fully saturated rings. The first-order valence-electron chi connectivity index (χ1n) is 11.9. The average Bonchev–Trinajstić information content (AvgIpc) is 2.98. The van der Waals surface area contributed by atoms with Crippen LogP contribution < -0.4 is 0 Å². The minimum atomic E-state index is 0.393. The summed E-state index contributed by atoms with van der Waals surface area (Å²) in [6, 6.07) is 0. The van der Waals surface area contributed by atoms with Crippen molar-refractivity contribution in [2.45, 2.75) is 98.3 Å². The van der Waals surface area contributed by atoms with Crippen molar-refractivity contribution in [1.29, 1.82) is 0 Å². The van der Waals surface area contributed by atoms with Crippen LogP contribution in [0.2, 0.25) is 0 Å².